The summed E-state index contributed by atoms with van der Waals surface area (Å²) < 4.78 is 37.6. The van der Waals surface area contributed by atoms with E-state index >= 15 is 0 Å². The Morgan fingerprint density at radius 1 is 1.33 bits per heavy atom. The van der Waals surface area contributed by atoms with Crippen LogP contribution in [0.15, 0.2) is 29.6 Å². The van der Waals surface area contributed by atoms with Crippen molar-refractivity contribution in [2.45, 2.75) is 31.3 Å². The fourth-order valence-electron chi connectivity index (χ4n) is 1.98. The highest BCUT2D eigenvalue weighted by molar-refractivity contribution is 7.92. The zero-order chi connectivity index (χ0) is 17.7. The lowest BCUT2D eigenvalue weighted by Gasteiger charge is -2.12. The summed E-state index contributed by atoms with van der Waals surface area (Å²) in [5, 5.41) is 3.72. The third-order valence-corrected chi connectivity index (χ3v) is 6.38. The maximum Gasteiger partial charge on any atom is 0.238 e. The van der Waals surface area contributed by atoms with Gasteiger partial charge in [0.05, 0.1) is 11.4 Å². The van der Waals surface area contributed by atoms with Crippen LogP contribution in [0.1, 0.15) is 26.0 Å². The first-order valence-electron chi connectivity index (χ1n) is 7.53. The Kier molecular flexibility index (Phi) is 6.06. The number of rotatable bonds is 7. The summed E-state index contributed by atoms with van der Waals surface area (Å²) in [6.45, 7) is 3.73. The Morgan fingerprint density at radius 2 is 2.00 bits per heavy atom. The molecular weight excluding hydrogens is 351 g/mol. The summed E-state index contributed by atoms with van der Waals surface area (Å²) in [6.07, 6.45) is 0.742. The predicted octanol–water partition coefficient (Wildman–Crippen LogP) is 2.78. The van der Waals surface area contributed by atoms with Gasteiger partial charge in [0.15, 0.2) is 9.84 Å². The van der Waals surface area contributed by atoms with Crippen molar-refractivity contribution >= 4 is 27.1 Å². The molecule has 1 aromatic carbocycles. The predicted molar refractivity (Wildman–Crippen MR) is 92.9 cm³/mol. The third kappa shape index (κ3) is 4.61. The second-order valence-electron chi connectivity index (χ2n) is 5.39. The summed E-state index contributed by atoms with van der Waals surface area (Å²) >= 11 is 1.28. The molecule has 0 aliphatic rings. The van der Waals surface area contributed by atoms with E-state index in [0.717, 1.165) is 12.0 Å². The summed E-state index contributed by atoms with van der Waals surface area (Å²) in [7, 11) is -3.65. The average Bonchev–Trinajstić information content (AvgIpc) is 3.00. The van der Waals surface area contributed by atoms with Crippen molar-refractivity contribution in [3.8, 4) is 10.6 Å². The van der Waals surface area contributed by atoms with E-state index in [9.17, 15) is 17.6 Å². The first-order valence-corrected chi connectivity index (χ1v) is 10.1. The first-order chi connectivity index (χ1) is 11.3. The molecule has 1 N–H and O–H groups in total. The molecule has 0 aliphatic heterocycles. The van der Waals surface area contributed by atoms with Crippen molar-refractivity contribution in [1.29, 1.82) is 0 Å². The van der Waals surface area contributed by atoms with Crippen LogP contribution < -0.4 is 5.32 Å². The maximum absolute atomic E-state index is 12.9. The van der Waals surface area contributed by atoms with Gasteiger partial charge < -0.3 is 5.32 Å². The molecule has 1 unspecified atom stereocenters. The summed E-state index contributed by atoms with van der Waals surface area (Å²) in [6, 6.07) is 5.83. The number of thiazole rings is 1. The molecule has 1 heterocycles. The van der Waals surface area contributed by atoms with E-state index in [1.54, 1.807) is 17.5 Å². The van der Waals surface area contributed by atoms with Gasteiger partial charge in [0, 0.05) is 17.5 Å². The SMILES string of the molecule is CCCNC(=O)C(C)S(=O)(=O)Cc1csc(-c2ccc(F)cc2)n1. The van der Waals surface area contributed by atoms with Crippen LogP contribution >= 0.6 is 11.3 Å². The van der Waals surface area contributed by atoms with E-state index in [-0.39, 0.29) is 11.6 Å². The molecule has 0 spiro atoms. The Morgan fingerprint density at radius 3 is 2.62 bits per heavy atom. The van der Waals surface area contributed by atoms with Gasteiger partial charge in [0.25, 0.3) is 0 Å². The van der Waals surface area contributed by atoms with Crippen LogP contribution in [-0.2, 0) is 20.4 Å². The van der Waals surface area contributed by atoms with Crippen molar-refractivity contribution in [3.63, 3.8) is 0 Å². The monoisotopic (exact) mass is 370 g/mol. The normalized spacial score (nSPS) is 12.8. The number of benzene rings is 1. The number of hydrogen-bond acceptors (Lipinski definition) is 5. The zero-order valence-corrected chi connectivity index (χ0v) is 15.1. The Bertz CT molecular complexity index is 801. The molecule has 0 saturated heterocycles. The molecule has 5 nitrogen and oxygen atoms in total. The lowest BCUT2D eigenvalue weighted by molar-refractivity contribution is -0.120. The van der Waals surface area contributed by atoms with Gasteiger partial charge in [0.1, 0.15) is 16.1 Å². The molecule has 1 amide bonds. The number of nitrogens with zero attached hydrogens (tertiary/aromatic N) is 1. The minimum atomic E-state index is -3.65. The van der Waals surface area contributed by atoms with Crippen molar-refractivity contribution in [2.75, 3.05) is 6.54 Å². The van der Waals surface area contributed by atoms with Gasteiger partial charge in [-0.15, -0.1) is 11.3 Å². The van der Waals surface area contributed by atoms with E-state index in [1.807, 2.05) is 6.92 Å². The molecule has 130 valence electrons. The van der Waals surface area contributed by atoms with Gasteiger partial charge in [-0.1, -0.05) is 6.92 Å². The summed E-state index contributed by atoms with van der Waals surface area (Å²) in [5.41, 5.74) is 1.10. The standard InChI is InChI=1S/C16H19FN2O3S2/c1-3-8-18-15(20)11(2)24(21,22)10-14-9-23-16(19-14)12-4-6-13(17)7-5-12/h4-7,9,11H,3,8,10H2,1-2H3,(H,18,20). The van der Waals surface area contributed by atoms with E-state index < -0.39 is 21.0 Å². The van der Waals surface area contributed by atoms with Crippen molar-refractivity contribution in [2.24, 2.45) is 0 Å². The number of aromatic nitrogens is 1. The van der Waals surface area contributed by atoms with E-state index in [1.165, 1.54) is 30.4 Å². The van der Waals surface area contributed by atoms with Gasteiger partial charge in [-0.05, 0) is 37.6 Å². The van der Waals surface area contributed by atoms with Crippen LogP contribution in [0.2, 0.25) is 0 Å². The third-order valence-electron chi connectivity index (χ3n) is 3.45. The van der Waals surface area contributed by atoms with Crippen LogP contribution in [0.3, 0.4) is 0 Å². The molecule has 1 atom stereocenters. The van der Waals surface area contributed by atoms with Crippen molar-refractivity contribution in [3.05, 3.63) is 41.2 Å². The smallest absolute Gasteiger partial charge is 0.238 e. The average molecular weight is 370 g/mol. The molecular formula is C16H19FN2O3S2. The maximum atomic E-state index is 12.9. The Balaban J connectivity index is 2.10. The largest absolute Gasteiger partial charge is 0.355 e. The molecule has 2 rings (SSSR count). The second-order valence-corrected chi connectivity index (χ2v) is 8.57. The minimum Gasteiger partial charge on any atom is -0.355 e. The van der Waals surface area contributed by atoms with Gasteiger partial charge >= 0.3 is 0 Å². The second kappa shape index (κ2) is 7.85. The highest BCUT2D eigenvalue weighted by Gasteiger charge is 2.28. The number of halogens is 1. The molecule has 2 aromatic rings. The molecule has 0 bridgehead atoms. The van der Waals surface area contributed by atoms with E-state index in [0.29, 0.717) is 17.2 Å². The molecule has 0 radical (unpaired) electrons. The Labute approximate surface area is 144 Å². The van der Waals surface area contributed by atoms with Gasteiger partial charge in [0.2, 0.25) is 5.91 Å². The Hall–Kier alpha value is -1.80. The fourth-order valence-corrected chi connectivity index (χ4v) is 4.14. The molecule has 0 fully saturated rings. The number of sulfone groups is 1. The molecule has 0 saturated carbocycles. The highest BCUT2D eigenvalue weighted by atomic mass is 32.2. The summed E-state index contributed by atoms with van der Waals surface area (Å²) in [5.74, 6) is -1.14. The lowest BCUT2D eigenvalue weighted by atomic mass is 10.2. The number of nitrogens with one attached hydrogen (secondary N) is 1. The first kappa shape index (κ1) is 18.5. The quantitative estimate of drug-likeness (QED) is 0.813. The van der Waals surface area contributed by atoms with Crippen LogP contribution in [0.5, 0.6) is 0 Å². The van der Waals surface area contributed by atoms with Crippen molar-refractivity contribution < 1.29 is 17.6 Å². The van der Waals surface area contributed by atoms with Gasteiger partial charge in [-0.25, -0.2) is 17.8 Å². The zero-order valence-electron chi connectivity index (χ0n) is 13.5. The number of carbonyl (C=O) groups is 1. The highest BCUT2D eigenvalue weighted by Crippen LogP contribution is 2.25. The van der Waals surface area contributed by atoms with Crippen molar-refractivity contribution in [1.82, 2.24) is 10.3 Å². The number of hydrogen-bond donors (Lipinski definition) is 1. The van der Waals surface area contributed by atoms with Crippen LogP contribution in [0.4, 0.5) is 4.39 Å². The van der Waals surface area contributed by atoms with Gasteiger partial charge in [-0.2, -0.15) is 0 Å². The molecule has 0 aliphatic carbocycles. The molecule has 24 heavy (non-hydrogen) atoms. The topological polar surface area (TPSA) is 76.1 Å². The fraction of sp³-hybridized carbons (Fsp3) is 0.375. The van der Waals surface area contributed by atoms with E-state index in [2.05, 4.69) is 10.3 Å². The van der Waals surface area contributed by atoms with Crippen LogP contribution in [0, 0.1) is 5.82 Å². The van der Waals surface area contributed by atoms with E-state index in [4.69, 9.17) is 0 Å². The lowest BCUT2D eigenvalue weighted by Crippen LogP contribution is -2.38. The molecule has 8 heteroatoms. The number of amides is 1. The molecule has 1 aromatic heterocycles. The van der Waals surface area contributed by atoms with Crippen LogP contribution in [0.25, 0.3) is 10.6 Å². The van der Waals surface area contributed by atoms with Gasteiger partial charge in [-0.3, -0.25) is 4.79 Å². The summed E-state index contributed by atoms with van der Waals surface area (Å²) in [4.78, 5) is 16.1. The van der Waals surface area contributed by atoms with Crippen LogP contribution in [-0.4, -0.2) is 31.1 Å². The minimum absolute atomic E-state index is 0.300. The number of carbonyl (C=O) groups excluding carboxylic acids is 1.